The summed E-state index contributed by atoms with van der Waals surface area (Å²) in [5.74, 6) is 0. The van der Waals surface area contributed by atoms with Crippen LogP contribution >= 0.6 is 8.58 Å². The minimum Gasteiger partial charge on any atom is -0.213 e. The standard InChI is InChI=1S/C14H22P.Li/c1-14(2,12-8-6-7-9-12)15-13-10-4-3-5-11-13;/h6-9,13,15H,3-5,10-11H2,1-2H3;/q-1;+1. The van der Waals surface area contributed by atoms with Gasteiger partial charge in [0.25, 0.3) is 0 Å². The third-order valence-corrected chi connectivity index (χ3v) is 5.55. The summed E-state index contributed by atoms with van der Waals surface area (Å²) in [6.07, 6.45) is 7.35. The van der Waals surface area contributed by atoms with Crippen molar-refractivity contribution >= 4 is 8.58 Å². The second-order valence-electron chi connectivity index (χ2n) is 5.28. The molecule has 0 amide bonds. The van der Waals surface area contributed by atoms with Gasteiger partial charge in [-0.05, 0) is 23.7 Å². The molecule has 2 heteroatoms. The molecule has 0 radical (unpaired) electrons. The molecule has 0 aromatic heterocycles. The van der Waals surface area contributed by atoms with Gasteiger partial charge < -0.3 is 0 Å². The van der Waals surface area contributed by atoms with E-state index >= 15 is 0 Å². The van der Waals surface area contributed by atoms with Crippen molar-refractivity contribution in [1.82, 2.24) is 0 Å². The fourth-order valence-corrected chi connectivity index (χ4v) is 4.68. The van der Waals surface area contributed by atoms with Gasteiger partial charge in [0.15, 0.2) is 0 Å². The van der Waals surface area contributed by atoms with Crippen molar-refractivity contribution in [3.05, 3.63) is 29.8 Å². The fourth-order valence-electron chi connectivity index (χ4n) is 2.63. The van der Waals surface area contributed by atoms with Crippen molar-refractivity contribution in [1.29, 1.82) is 0 Å². The van der Waals surface area contributed by atoms with Crippen LogP contribution in [0.1, 0.15) is 51.5 Å². The molecule has 0 heterocycles. The van der Waals surface area contributed by atoms with E-state index in [0.29, 0.717) is 5.16 Å². The first-order valence-corrected chi connectivity index (χ1v) is 7.26. The number of hydrogen-bond acceptors (Lipinski definition) is 0. The Morgan fingerprint density at radius 3 is 2.19 bits per heavy atom. The van der Waals surface area contributed by atoms with Crippen molar-refractivity contribution < 1.29 is 18.9 Å². The molecule has 0 spiro atoms. The van der Waals surface area contributed by atoms with Gasteiger partial charge in [0.05, 0.1) is 0 Å². The predicted octanol–water partition coefficient (Wildman–Crippen LogP) is 1.66. The van der Waals surface area contributed by atoms with Crippen LogP contribution in [0.25, 0.3) is 0 Å². The monoisotopic (exact) mass is 228 g/mol. The molecule has 1 atom stereocenters. The normalized spacial score (nSPS) is 18.9. The van der Waals surface area contributed by atoms with E-state index in [0.717, 1.165) is 14.2 Å². The van der Waals surface area contributed by atoms with Crippen LogP contribution in [0.2, 0.25) is 0 Å². The van der Waals surface area contributed by atoms with E-state index in [2.05, 4.69) is 38.1 Å². The topological polar surface area (TPSA) is 0 Å². The van der Waals surface area contributed by atoms with Crippen molar-refractivity contribution in [2.24, 2.45) is 0 Å². The maximum Gasteiger partial charge on any atom is 1.00 e. The maximum absolute atomic E-state index is 2.41. The molecule has 1 aliphatic rings. The van der Waals surface area contributed by atoms with Crippen LogP contribution in [0.15, 0.2) is 24.3 Å². The Hall–Kier alpha value is 0.377. The Morgan fingerprint density at radius 2 is 1.62 bits per heavy atom. The summed E-state index contributed by atoms with van der Waals surface area (Å²) >= 11 is 0. The van der Waals surface area contributed by atoms with Crippen LogP contribution in [0.5, 0.6) is 0 Å². The number of hydrogen-bond donors (Lipinski definition) is 0. The smallest absolute Gasteiger partial charge is 0.213 e. The second kappa shape index (κ2) is 6.35. The quantitative estimate of drug-likeness (QED) is 0.419. The zero-order valence-corrected chi connectivity index (χ0v) is 11.9. The molecule has 0 nitrogen and oxygen atoms in total. The molecule has 1 aromatic carbocycles. The van der Waals surface area contributed by atoms with Gasteiger partial charge in [0.2, 0.25) is 0 Å². The van der Waals surface area contributed by atoms with Crippen LogP contribution in [0, 0.1) is 0 Å². The molecule has 2 rings (SSSR count). The summed E-state index contributed by atoms with van der Waals surface area (Å²) in [5.41, 5.74) is 2.54. The first-order chi connectivity index (χ1) is 7.18. The zero-order chi connectivity index (χ0) is 10.7. The minimum atomic E-state index is 0. The van der Waals surface area contributed by atoms with Gasteiger partial charge in [-0.3, -0.25) is 0 Å². The van der Waals surface area contributed by atoms with Gasteiger partial charge in [-0.1, -0.05) is 33.1 Å². The molecule has 1 saturated carbocycles. The van der Waals surface area contributed by atoms with Gasteiger partial charge in [0, 0.05) is 0 Å². The van der Waals surface area contributed by atoms with Gasteiger partial charge in [-0.25, -0.2) is 12.1 Å². The predicted molar refractivity (Wildman–Crippen MR) is 70.2 cm³/mol. The van der Waals surface area contributed by atoms with E-state index < -0.39 is 0 Å². The van der Waals surface area contributed by atoms with Crippen LogP contribution in [0.4, 0.5) is 0 Å². The summed E-state index contributed by atoms with van der Waals surface area (Å²) in [5, 5.41) is 0.408. The summed E-state index contributed by atoms with van der Waals surface area (Å²) in [4.78, 5) is 0. The molecule has 1 unspecified atom stereocenters. The van der Waals surface area contributed by atoms with Crippen LogP contribution < -0.4 is 18.9 Å². The minimum absolute atomic E-state index is 0. The molecule has 0 N–H and O–H groups in total. The van der Waals surface area contributed by atoms with Crippen molar-refractivity contribution in [2.75, 3.05) is 0 Å². The summed E-state index contributed by atoms with van der Waals surface area (Å²) in [6, 6.07) is 8.91. The third kappa shape index (κ3) is 3.70. The Bertz CT molecular complexity index is 284. The fraction of sp³-hybridized carbons (Fsp3) is 0.643. The van der Waals surface area contributed by atoms with Gasteiger partial charge >= 0.3 is 18.9 Å². The van der Waals surface area contributed by atoms with E-state index in [4.69, 9.17) is 0 Å². The van der Waals surface area contributed by atoms with E-state index in [1.54, 1.807) is 0 Å². The first-order valence-electron chi connectivity index (χ1n) is 6.18. The second-order valence-corrected chi connectivity index (χ2v) is 7.63. The van der Waals surface area contributed by atoms with E-state index in [-0.39, 0.29) is 18.9 Å². The Morgan fingerprint density at radius 1 is 1.06 bits per heavy atom. The molecule has 1 aromatic rings. The largest absolute Gasteiger partial charge is 1.00 e. The SMILES string of the molecule is CC(C)(PC1CCCCC1)[c-]1cccc1.[Li+]. The first kappa shape index (κ1) is 14.4. The van der Waals surface area contributed by atoms with Crippen LogP contribution in [-0.4, -0.2) is 5.66 Å². The Kier molecular flexibility index (Phi) is 5.73. The molecule has 0 saturated heterocycles. The molecular formula is C14H22LiP. The Labute approximate surface area is 114 Å². The molecule has 16 heavy (non-hydrogen) atoms. The van der Waals surface area contributed by atoms with E-state index in [1.165, 1.54) is 37.7 Å². The summed E-state index contributed by atoms with van der Waals surface area (Å²) in [7, 11) is 1.10. The maximum atomic E-state index is 2.41. The van der Waals surface area contributed by atoms with Crippen molar-refractivity contribution in [3.63, 3.8) is 0 Å². The molecule has 84 valence electrons. The summed E-state index contributed by atoms with van der Waals surface area (Å²) < 4.78 is 0. The molecule has 1 fully saturated rings. The zero-order valence-electron chi connectivity index (χ0n) is 10.9. The van der Waals surface area contributed by atoms with Gasteiger partial charge in [-0.2, -0.15) is 12.1 Å². The van der Waals surface area contributed by atoms with Crippen molar-refractivity contribution in [3.8, 4) is 0 Å². The Balaban J connectivity index is 0.00000128. The molecule has 0 aliphatic heterocycles. The van der Waals surface area contributed by atoms with Crippen LogP contribution in [-0.2, 0) is 5.16 Å². The van der Waals surface area contributed by atoms with Crippen molar-refractivity contribution in [2.45, 2.75) is 56.8 Å². The van der Waals surface area contributed by atoms with Gasteiger partial charge in [-0.15, -0.1) is 14.1 Å². The molecular weight excluding hydrogens is 206 g/mol. The van der Waals surface area contributed by atoms with E-state index in [9.17, 15) is 0 Å². The van der Waals surface area contributed by atoms with E-state index in [1.807, 2.05) is 0 Å². The third-order valence-electron chi connectivity index (χ3n) is 3.55. The average Bonchev–Trinajstić information content (AvgIpc) is 2.71. The molecule has 0 bridgehead atoms. The molecule has 1 aliphatic carbocycles. The number of rotatable bonds is 3. The van der Waals surface area contributed by atoms with Crippen LogP contribution in [0.3, 0.4) is 0 Å². The van der Waals surface area contributed by atoms with Gasteiger partial charge in [0.1, 0.15) is 0 Å². The average molecular weight is 228 g/mol. The summed E-state index contributed by atoms with van der Waals surface area (Å²) in [6.45, 7) is 4.82.